The van der Waals surface area contributed by atoms with Crippen molar-refractivity contribution in [3.8, 4) is 0 Å². The molecule has 0 aliphatic carbocycles. The average Bonchev–Trinajstić information content (AvgIpc) is 2.47. The van der Waals surface area contributed by atoms with E-state index in [1.807, 2.05) is 0 Å². The van der Waals surface area contributed by atoms with Crippen molar-refractivity contribution in [3.05, 3.63) is 71.8 Å². The van der Waals surface area contributed by atoms with Gasteiger partial charge < -0.3 is 26.2 Å². The van der Waals surface area contributed by atoms with Crippen LogP contribution in [0.1, 0.15) is 17.2 Å². The third-order valence-corrected chi connectivity index (χ3v) is 3.52. The van der Waals surface area contributed by atoms with Gasteiger partial charge in [-0.2, -0.15) is 0 Å². The van der Waals surface area contributed by atoms with Crippen LogP contribution in [0.3, 0.4) is 0 Å². The summed E-state index contributed by atoms with van der Waals surface area (Å²) in [6.07, 6.45) is 1.04. The third-order valence-electron chi connectivity index (χ3n) is 3.52. The molecule has 0 radical (unpaired) electrons. The fourth-order valence-corrected chi connectivity index (χ4v) is 2.24. The van der Waals surface area contributed by atoms with Crippen molar-refractivity contribution in [2.24, 2.45) is 0 Å². The molecule has 0 aromatic heterocycles. The Bertz CT molecular complexity index is 522. The second kappa shape index (κ2) is 9.09. The van der Waals surface area contributed by atoms with E-state index in [1.54, 1.807) is 0 Å². The Morgan fingerprint density at radius 1 is 0.864 bits per heavy atom. The van der Waals surface area contributed by atoms with Crippen molar-refractivity contribution in [2.75, 3.05) is 34.3 Å². The minimum absolute atomic E-state index is 0. The number of nitrogens with zero attached hydrogens (tertiary/aromatic N) is 1. The molecule has 3 heteroatoms. The first-order chi connectivity index (χ1) is 10.0. The summed E-state index contributed by atoms with van der Waals surface area (Å²) in [6.45, 7) is 1.79. The molecule has 2 aromatic carbocycles. The highest BCUT2D eigenvalue weighted by Gasteiger charge is 2.15. The van der Waals surface area contributed by atoms with Gasteiger partial charge in [-0.3, -0.25) is 0 Å². The molecule has 0 aliphatic heterocycles. The fraction of sp³-hybridized carbons (Fsp3) is 0.368. The molecule has 0 saturated carbocycles. The number of hydrogen-bond donors (Lipinski definition) is 0. The number of ether oxygens (including phenoxy) is 1. The summed E-state index contributed by atoms with van der Waals surface area (Å²) >= 11 is 0. The summed E-state index contributed by atoms with van der Waals surface area (Å²) in [5, 5.41) is 0. The van der Waals surface area contributed by atoms with Crippen LogP contribution < -0.4 is 17.0 Å². The summed E-state index contributed by atoms with van der Waals surface area (Å²) in [5.74, 6) is 0. The maximum absolute atomic E-state index is 6.19. The average molecular weight is 364 g/mol. The molecule has 0 heterocycles. The van der Waals surface area contributed by atoms with E-state index in [0.717, 1.165) is 24.1 Å². The lowest BCUT2D eigenvalue weighted by Crippen LogP contribution is -3.00. The Hall–Kier alpha value is -1.16. The first-order valence-corrected chi connectivity index (χ1v) is 7.55. The standard InChI is InChI=1S/C19H26NO.BrH/c1-20(2,3)14-15-21-19(18-12-8-5-9-13-18)16-17-10-6-4-7-11-17;/h4-13,19H,14-16H2,1-3H3;1H/q+1;/p-1/t19-;/m0./s1. The van der Waals surface area contributed by atoms with Crippen LogP contribution in [-0.4, -0.2) is 38.8 Å². The van der Waals surface area contributed by atoms with E-state index in [-0.39, 0.29) is 23.1 Å². The van der Waals surface area contributed by atoms with E-state index in [2.05, 4.69) is 81.8 Å². The Kier molecular flexibility index (Phi) is 7.80. The van der Waals surface area contributed by atoms with Gasteiger partial charge in [0.2, 0.25) is 0 Å². The quantitative estimate of drug-likeness (QED) is 0.658. The molecular formula is C19H26BrNO. The molecule has 2 rings (SSSR count). The molecule has 2 aromatic rings. The minimum atomic E-state index is 0. The van der Waals surface area contributed by atoms with Crippen LogP contribution in [0.15, 0.2) is 60.7 Å². The number of quaternary nitrogens is 1. The van der Waals surface area contributed by atoms with Gasteiger partial charge in [0, 0.05) is 6.42 Å². The Morgan fingerprint density at radius 3 is 1.95 bits per heavy atom. The zero-order valence-corrected chi connectivity index (χ0v) is 15.3. The van der Waals surface area contributed by atoms with Gasteiger partial charge in [-0.25, -0.2) is 0 Å². The summed E-state index contributed by atoms with van der Waals surface area (Å²) < 4.78 is 7.12. The maximum atomic E-state index is 6.19. The van der Waals surface area contributed by atoms with Gasteiger partial charge in [0.25, 0.3) is 0 Å². The van der Waals surface area contributed by atoms with E-state index in [0.29, 0.717) is 0 Å². The zero-order valence-electron chi connectivity index (χ0n) is 13.7. The predicted octanol–water partition coefficient (Wildman–Crippen LogP) is 0.697. The molecule has 1 atom stereocenters. The first kappa shape index (κ1) is 18.9. The lowest BCUT2D eigenvalue weighted by Gasteiger charge is -2.25. The predicted molar refractivity (Wildman–Crippen MR) is 88.2 cm³/mol. The van der Waals surface area contributed by atoms with E-state index >= 15 is 0 Å². The number of hydrogen-bond acceptors (Lipinski definition) is 1. The summed E-state index contributed by atoms with van der Waals surface area (Å²) in [6, 6.07) is 21.1. The molecular weight excluding hydrogens is 338 g/mol. The van der Waals surface area contributed by atoms with Crippen LogP contribution in [0.4, 0.5) is 0 Å². The molecule has 0 unspecified atom stereocenters. The van der Waals surface area contributed by atoms with Crippen molar-refractivity contribution >= 4 is 0 Å². The Balaban J connectivity index is 0.00000242. The van der Waals surface area contributed by atoms with Crippen molar-refractivity contribution in [1.82, 2.24) is 0 Å². The maximum Gasteiger partial charge on any atom is 0.102 e. The number of halogens is 1. The van der Waals surface area contributed by atoms with Crippen LogP contribution >= 0.6 is 0 Å². The highest BCUT2D eigenvalue weighted by Crippen LogP contribution is 2.22. The van der Waals surface area contributed by atoms with Crippen molar-refractivity contribution < 1.29 is 26.2 Å². The Morgan fingerprint density at radius 2 is 1.41 bits per heavy atom. The molecule has 0 fully saturated rings. The third kappa shape index (κ3) is 6.73. The molecule has 0 N–H and O–H groups in total. The molecule has 0 bridgehead atoms. The molecule has 0 aliphatic rings. The Labute approximate surface area is 145 Å². The van der Waals surface area contributed by atoms with Crippen LogP contribution in [-0.2, 0) is 11.2 Å². The second-order valence-electron chi connectivity index (χ2n) is 6.47. The highest BCUT2D eigenvalue weighted by molar-refractivity contribution is 5.22. The topological polar surface area (TPSA) is 9.23 Å². The SMILES string of the molecule is C[N+](C)(C)CCO[C@@H](Cc1ccccc1)c1ccccc1.[Br-]. The van der Waals surface area contributed by atoms with Gasteiger partial charge in [-0.15, -0.1) is 0 Å². The highest BCUT2D eigenvalue weighted by atomic mass is 79.9. The second-order valence-corrected chi connectivity index (χ2v) is 6.47. The zero-order chi connectivity index (χ0) is 15.1. The number of benzene rings is 2. The van der Waals surface area contributed by atoms with E-state index in [4.69, 9.17) is 4.74 Å². The van der Waals surface area contributed by atoms with Gasteiger partial charge in [0.1, 0.15) is 6.54 Å². The van der Waals surface area contributed by atoms with Gasteiger partial charge in [-0.1, -0.05) is 60.7 Å². The van der Waals surface area contributed by atoms with Crippen LogP contribution in [0.5, 0.6) is 0 Å². The molecule has 2 nitrogen and oxygen atoms in total. The van der Waals surface area contributed by atoms with Gasteiger partial charge in [-0.05, 0) is 11.1 Å². The number of likely N-dealkylation sites (N-methyl/N-ethyl adjacent to an activating group) is 1. The monoisotopic (exact) mass is 363 g/mol. The van der Waals surface area contributed by atoms with Gasteiger partial charge in [0.15, 0.2) is 0 Å². The summed E-state index contributed by atoms with van der Waals surface area (Å²) in [5.41, 5.74) is 2.57. The van der Waals surface area contributed by atoms with E-state index in [1.165, 1.54) is 11.1 Å². The van der Waals surface area contributed by atoms with E-state index in [9.17, 15) is 0 Å². The van der Waals surface area contributed by atoms with E-state index < -0.39 is 0 Å². The summed E-state index contributed by atoms with van der Waals surface area (Å²) in [7, 11) is 6.58. The number of rotatable bonds is 7. The molecule has 0 spiro atoms. The molecule has 0 saturated heterocycles. The molecule has 120 valence electrons. The first-order valence-electron chi connectivity index (χ1n) is 7.55. The largest absolute Gasteiger partial charge is 1.00 e. The molecule has 22 heavy (non-hydrogen) atoms. The smallest absolute Gasteiger partial charge is 0.102 e. The fourth-order valence-electron chi connectivity index (χ4n) is 2.24. The van der Waals surface area contributed by atoms with Crippen molar-refractivity contribution in [2.45, 2.75) is 12.5 Å². The summed E-state index contributed by atoms with van der Waals surface area (Å²) in [4.78, 5) is 0. The lowest BCUT2D eigenvalue weighted by atomic mass is 10.0. The van der Waals surface area contributed by atoms with Crippen LogP contribution in [0.25, 0.3) is 0 Å². The van der Waals surface area contributed by atoms with Crippen molar-refractivity contribution in [3.63, 3.8) is 0 Å². The van der Waals surface area contributed by atoms with Crippen molar-refractivity contribution in [1.29, 1.82) is 0 Å². The molecule has 0 amide bonds. The van der Waals surface area contributed by atoms with Gasteiger partial charge >= 0.3 is 0 Å². The van der Waals surface area contributed by atoms with Crippen LogP contribution in [0, 0.1) is 0 Å². The normalized spacial score (nSPS) is 12.5. The van der Waals surface area contributed by atoms with Crippen LogP contribution in [0.2, 0.25) is 0 Å². The lowest BCUT2D eigenvalue weighted by molar-refractivity contribution is -0.870. The minimum Gasteiger partial charge on any atom is -1.00 e. The van der Waals surface area contributed by atoms with Gasteiger partial charge in [0.05, 0.1) is 33.9 Å².